The van der Waals surface area contributed by atoms with Gasteiger partial charge in [-0.1, -0.05) is 6.07 Å². The standard InChI is InChI=1S/C16H18N4S/c1-3-19-15-14(10(2)18-19)17-16(21)20(15)13-8-7-11-5-4-6-12(11)9-13/h7-9H,3-6H2,1-2H3,(H,17,21). The number of nitrogens with zero attached hydrogens (tertiary/aromatic N) is 3. The van der Waals surface area contributed by atoms with Crippen LogP contribution < -0.4 is 0 Å². The average molecular weight is 298 g/mol. The van der Waals surface area contributed by atoms with E-state index >= 15 is 0 Å². The van der Waals surface area contributed by atoms with Gasteiger partial charge >= 0.3 is 0 Å². The summed E-state index contributed by atoms with van der Waals surface area (Å²) in [7, 11) is 0. The van der Waals surface area contributed by atoms with Gasteiger partial charge in [0.15, 0.2) is 10.4 Å². The maximum absolute atomic E-state index is 5.55. The van der Waals surface area contributed by atoms with Crippen molar-refractivity contribution in [3.05, 3.63) is 39.8 Å². The summed E-state index contributed by atoms with van der Waals surface area (Å²) in [6.45, 7) is 4.96. The second-order valence-corrected chi connectivity index (χ2v) is 6.06. The number of hydrogen-bond acceptors (Lipinski definition) is 2. The number of hydrogen-bond donors (Lipinski definition) is 1. The second-order valence-electron chi connectivity index (χ2n) is 5.67. The van der Waals surface area contributed by atoms with E-state index in [1.54, 1.807) is 0 Å². The zero-order valence-corrected chi connectivity index (χ0v) is 13.1. The first-order valence-corrected chi connectivity index (χ1v) is 7.90. The lowest BCUT2D eigenvalue weighted by molar-refractivity contribution is 0.661. The van der Waals surface area contributed by atoms with Crippen LogP contribution >= 0.6 is 12.2 Å². The Bertz CT molecular complexity index is 897. The third-order valence-corrected chi connectivity index (χ3v) is 4.67. The van der Waals surface area contributed by atoms with E-state index in [0.29, 0.717) is 0 Å². The number of aryl methyl sites for hydroxylation is 4. The van der Waals surface area contributed by atoms with Gasteiger partial charge in [-0.25, -0.2) is 4.68 Å². The number of aromatic amines is 1. The fourth-order valence-corrected chi connectivity index (χ4v) is 3.65. The molecule has 0 spiro atoms. The van der Waals surface area contributed by atoms with E-state index < -0.39 is 0 Å². The molecule has 4 nitrogen and oxygen atoms in total. The quantitative estimate of drug-likeness (QED) is 0.733. The van der Waals surface area contributed by atoms with Crippen molar-refractivity contribution in [2.75, 3.05) is 0 Å². The summed E-state index contributed by atoms with van der Waals surface area (Å²) in [6.07, 6.45) is 3.64. The number of imidazole rings is 1. The molecule has 5 heteroatoms. The summed E-state index contributed by atoms with van der Waals surface area (Å²) in [5, 5.41) is 4.59. The maximum atomic E-state index is 5.55. The van der Waals surface area contributed by atoms with E-state index in [1.807, 2.05) is 11.6 Å². The first-order valence-electron chi connectivity index (χ1n) is 7.49. The van der Waals surface area contributed by atoms with Crippen molar-refractivity contribution in [1.29, 1.82) is 0 Å². The number of nitrogens with one attached hydrogen (secondary N) is 1. The topological polar surface area (TPSA) is 38.5 Å². The molecule has 4 rings (SSSR count). The molecule has 1 aliphatic rings. The van der Waals surface area contributed by atoms with Crippen molar-refractivity contribution in [3.8, 4) is 5.69 Å². The van der Waals surface area contributed by atoms with Crippen LogP contribution in [-0.4, -0.2) is 19.3 Å². The van der Waals surface area contributed by atoms with Crippen LogP contribution in [0.25, 0.3) is 16.9 Å². The highest BCUT2D eigenvalue weighted by molar-refractivity contribution is 7.71. The predicted octanol–water partition coefficient (Wildman–Crippen LogP) is 3.70. The molecule has 1 aliphatic carbocycles. The molecule has 0 aliphatic heterocycles. The van der Waals surface area contributed by atoms with Crippen molar-refractivity contribution in [1.82, 2.24) is 19.3 Å². The van der Waals surface area contributed by atoms with Crippen LogP contribution in [0, 0.1) is 11.7 Å². The van der Waals surface area contributed by atoms with Crippen LogP contribution in [0.4, 0.5) is 0 Å². The maximum Gasteiger partial charge on any atom is 0.184 e. The van der Waals surface area contributed by atoms with Crippen molar-refractivity contribution in [2.24, 2.45) is 0 Å². The highest BCUT2D eigenvalue weighted by Gasteiger charge is 2.17. The van der Waals surface area contributed by atoms with E-state index in [2.05, 4.69) is 39.8 Å². The smallest absolute Gasteiger partial charge is 0.184 e. The van der Waals surface area contributed by atoms with E-state index in [0.717, 1.165) is 33.9 Å². The monoisotopic (exact) mass is 298 g/mol. The Morgan fingerprint density at radius 2 is 2.10 bits per heavy atom. The molecule has 0 bridgehead atoms. The van der Waals surface area contributed by atoms with E-state index in [-0.39, 0.29) is 0 Å². The highest BCUT2D eigenvalue weighted by atomic mass is 32.1. The molecular formula is C16H18N4S. The summed E-state index contributed by atoms with van der Waals surface area (Å²) in [6, 6.07) is 6.71. The van der Waals surface area contributed by atoms with Gasteiger partial charge in [-0.15, -0.1) is 0 Å². The zero-order chi connectivity index (χ0) is 14.6. The summed E-state index contributed by atoms with van der Waals surface area (Å²) in [5.41, 5.74) is 7.19. The molecule has 1 aromatic carbocycles. The van der Waals surface area contributed by atoms with Crippen LogP contribution in [0.1, 0.15) is 30.2 Å². The zero-order valence-electron chi connectivity index (χ0n) is 12.3. The molecule has 0 unspecified atom stereocenters. The predicted molar refractivity (Wildman–Crippen MR) is 86.7 cm³/mol. The Morgan fingerprint density at radius 3 is 2.90 bits per heavy atom. The lowest BCUT2D eigenvalue weighted by Gasteiger charge is -2.08. The summed E-state index contributed by atoms with van der Waals surface area (Å²) >= 11 is 5.55. The molecule has 0 radical (unpaired) electrons. The van der Waals surface area contributed by atoms with Gasteiger partial charge in [0, 0.05) is 6.54 Å². The van der Waals surface area contributed by atoms with Crippen LogP contribution in [0.5, 0.6) is 0 Å². The molecule has 1 N–H and O–H groups in total. The second kappa shape index (κ2) is 4.56. The van der Waals surface area contributed by atoms with Gasteiger partial charge in [0.1, 0.15) is 5.52 Å². The molecule has 2 aromatic heterocycles. The molecular weight excluding hydrogens is 280 g/mol. The Morgan fingerprint density at radius 1 is 1.29 bits per heavy atom. The van der Waals surface area contributed by atoms with E-state index in [9.17, 15) is 0 Å². The average Bonchev–Trinajstić information content (AvgIpc) is 3.14. The number of benzene rings is 1. The van der Waals surface area contributed by atoms with Crippen LogP contribution in [-0.2, 0) is 19.4 Å². The largest absolute Gasteiger partial charge is 0.327 e. The molecule has 0 saturated heterocycles. The first kappa shape index (κ1) is 12.8. The van der Waals surface area contributed by atoms with Crippen LogP contribution in [0.3, 0.4) is 0 Å². The molecule has 2 heterocycles. The van der Waals surface area contributed by atoms with Gasteiger partial charge in [-0.3, -0.25) is 4.57 Å². The van der Waals surface area contributed by atoms with Gasteiger partial charge < -0.3 is 4.98 Å². The van der Waals surface area contributed by atoms with Crippen molar-refractivity contribution in [3.63, 3.8) is 0 Å². The van der Waals surface area contributed by atoms with E-state index in [1.165, 1.54) is 30.4 Å². The lowest BCUT2D eigenvalue weighted by atomic mass is 10.1. The number of fused-ring (bicyclic) bond motifs is 2. The van der Waals surface area contributed by atoms with E-state index in [4.69, 9.17) is 12.2 Å². The minimum atomic E-state index is 0.741. The molecule has 21 heavy (non-hydrogen) atoms. The lowest BCUT2D eigenvalue weighted by Crippen LogP contribution is -2.04. The van der Waals surface area contributed by atoms with Gasteiger partial charge in [-0.05, 0) is 68.6 Å². The number of rotatable bonds is 2. The Hall–Kier alpha value is -1.88. The van der Waals surface area contributed by atoms with Crippen molar-refractivity contribution in [2.45, 2.75) is 39.7 Å². The molecule has 3 aromatic rings. The Kier molecular flexibility index (Phi) is 2.79. The molecule has 0 saturated carbocycles. The number of H-pyrrole nitrogens is 1. The minimum Gasteiger partial charge on any atom is -0.327 e. The third-order valence-electron chi connectivity index (χ3n) is 4.39. The molecule has 0 atom stereocenters. The molecule has 0 fully saturated rings. The van der Waals surface area contributed by atoms with Crippen LogP contribution in [0.15, 0.2) is 18.2 Å². The fourth-order valence-electron chi connectivity index (χ4n) is 3.36. The number of aromatic nitrogens is 4. The fraction of sp³-hybridized carbons (Fsp3) is 0.375. The van der Waals surface area contributed by atoms with Crippen molar-refractivity contribution < 1.29 is 0 Å². The SMILES string of the molecule is CCn1nc(C)c2[nH]c(=S)n(-c3ccc4c(c3)CCC4)c21. The molecule has 108 valence electrons. The summed E-state index contributed by atoms with van der Waals surface area (Å²) < 4.78 is 4.88. The highest BCUT2D eigenvalue weighted by Crippen LogP contribution is 2.27. The first-order chi connectivity index (χ1) is 10.2. The minimum absolute atomic E-state index is 0.741. The van der Waals surface area contributed by atoms with Gasteiger partial charge in [0.05, 0.1) is 11.4 Å². The molecule has 0 amide bonds. The third kappa shape index (κ3) is 1.80. The Labute approximate surface area is 128 Å². The van der Waals surface area contributed by atoms with Gasteiger partial charge in [0.2, 0.25) is 0 Å². The summed E-state index contributed by atoms with van der Waals surface area (Å²) in [5.74, 6) is 0. The normalized spacial score (nSPS) is 14.0. The van der Waals surface area contributed by atoms with Gasteiger partial charge in [0.25, 0.3) is 0 Å². The summed E-state index contributed by atoms with van der Waals surface area (Å²) in [4.78, 5) is 3.31. The Balaban J connectivity index is 2.02. The van der Waals surface area contributed by atoms with Crippen LogP contribution in [0.2, 0.25) is 0 Å². The van der Waals surface area contributed by atoms with Gasteiger partial charge in [-0.2, -0.15) is 5.10 Å². The van der Waals surface area contributed by atoms with Crippen molar-refractivity contribution >= 4 is 23.4 Å².